The second-order valence-electron chi connectivity index (χ2n) is 6.83. The molecule has 0 spiro atoms. The zero-order chi connectivity index (χ0) is 19.0. The van der Waals surface area contributed by atoms with Crippen LogP contribution >= 0.6 is 23.1 Å². The van der Waals surface area contributed by atoms with Gasteiger partial charge in [-0.1, -0.05) is 17.4 Å². The van der Waals surface area contributed by atoms with Crippen molar-refractivity contribution in [2.24, 2.45) is 7.05 Å². The highest BCUT2D eigenvalue weighted by atomic mass is 32.2. The van der Waals surface area contributed by atoms with Gasteiger partial charge >= 0.3 is 0 Å². The number of nitrogens with zero attached hydrogens (tertiary/aromatic N) is 4. The Labute approximate surface area is 167 Å². The lowest BCUT2D eigenvalue weighted by molar-refractivity contribution is 0.0921. The molecule has 3 aromatic rings. The molecule has 1 saturated heterocycles. The number of nitrogens with one attached hydrogen (secondary N) is 1. The van der Waals surface area contributed by atoms with Crippen molar-refractivity contribution in [3.05, 3.63) is 35.7 Å². The number of anilines is 1. The molecule has 0 radical (unpaired) electrons. The summed E-state index contributed by atoms with van der Waals surface area (Å²) in [5.74, 6) is -0.0406. The van der Waals surface area contributed by atoms with Crippen LogP contribution in [0.5, 0.6) is 0 Å². The van der Waals surface area contributed by atoms with Gasteiger partial charge in [-0.05, 0) is 44.2 Å². The number of carbonyl (C=O) groups is 1. The minimum Gasteiger partial charge on any atom is -0.348 e. The van der Waals surface area contributed by atoms with Crippen LogP contribution in [-0.2, 0) is 7.05 Å². The maximum absolute atomic E-state index is 12.5. The van der Waals surface area contributed by atoms with Crippen LogP contribution in [0.2, 0.25) is 0 Å². The Kier molecular flexibility index (Phi) is 5.10. The molecule has 0 atom stereocenters. The van der Waals surface area contributed by atoms with Gasteiger partial charge in [0.1, 0.15) is 5.69 Å². The summed E-state index contributed by atoms with van der Waals surface area (Å²) in [6, 6.07) is 8.38. The molecule has 1 amide bonds. The van der Waals surface area contributed by atoms with Gasteiger partial charge in [-0.3, -0.25) is 9.48 Å². The van der Waals surface area contributed by atoms with E-state index in [2.05, 4.69) is 39.8 Å². The number of para-hydroxylation sites is 1. The molecule has 1 aliphatic heterocycles. The third-order valence-electron chi connectivity index (χ3n) is 4.93. The van der Waals surface area contributed by atoms with Gasteiger partial charge in [0.2, 0.25) is 0 Å². The van der Waals surface area contributed by atoms with Gasteiger partial charge in [-0.15, -0.1) is 11.8 Å². The van der Waals surface area contributed by atoms with Crippen LogP contribution in [0.1, 0.15) is 29.0 Å². The SMILES string of the molecule is CSc1cccc2sc(N3CCC(NC(=O)c4cc(C)nn4C)CC3)nc12. The Morgan fingerprint density at radius 3 is 2.78 bits per heavy atom. The maximum Gasteiger partial charge on any atom is 0.269 e. The highest BCUT2D eigenvalue weighted by Gasteiger charge is 2.24. The predicted octanol–water partition coefficient (Wildman–Crippen LogP) is 3.46. The molecule has 3 heterocycles. The number of hydrogen-bond acceptors (Lipinski definition) is 6. The highest BCUT2D eigenvalue weighted by Crippen LogP contribution is 2.34. The fourth-order valence-electron chi connectivity index (χ4n) is 3.51. The number of rotatable bonds is 4. The molecule has 27 heavy (non-hydrogen) atoms. The maximum atomic E-state index is 12.5. The number of aromatic nitrogens is 3. The van der Waals surface area contributed by atoms with E-state index in [9.17, 15) is 4.79 Å². The van der Waals surface area contributed by atoms with E-state index in [-0.39, 0.29) is 11.9 Å². The van der Waals surface area contributed by atoms with Crippen molar-refractivity contribution in [3.8, 4) is 0 Å². The molecule has 1 aliphatic rings. The molecule has 1 N–H and O–H groups in total. The number of fused-ring (bicyclic) bond motifs is 1. The molecule has 142 valence electrons. The topological polar surface area (TPSA) is 63.1 Å². The van der Waals surface area contributed by atoms with Crippen molar-refractivity contribution in [2.75, 3.05) is 24.2 Å². The lowest BCUT2D eigenvalue weighted by Crippen LogP contribution is -2.45. The number of thioether (sulfide) groups is 1. The van der Waals surface area contributed by atoms with Crippen molar-refractivity contribution >= 4 is 44.4 Å². The average molecular weight is 402 g/mol. The van der Waals surface area contributed by atoms with E-state index in [4.69, 9.17) is 4.98 Å². The first-order chi connectivity index (χ1) is 13.0. The van der Waals surface area contributed by atoms with Crippen LogP contribution in [0.15, 0.2) is 29.2 Å². The van der Waals surface area contributed by atoms with Gasteiger partial charge in [-0.25, -0.2) is 4.98 Å². The van der Waals surface area contributed by atoms with Gasteiger partial charge in [0.05, 0.1) is 15.9 Å². The quantitative estimate of drug-likeness (QED) is 0.679. The summed E-state index contributed by atoms with van der Waals surface area (Å²) in [6.45, 7) is 3.71. The van der Waals surface area contributed by atoms with Crippen LogP contribution in [-0.4, -0.2) is 46.1 Å². The summed E-state index contributed by atoms with van der Waals surface area (Å²) in [5, 5.41) is 8.49. The fraction of sp³-hybridized carbons (Fsp3) is 0.421. The van der Waals surface area contributed by atoms with Crippen molar-refractivity contribution in [1.82, 2.24) is 20.1 Å². The standard InChI is InChI=1S/C19H23N5OS2/c1-12-11-14(23(2)22-12)18(25)20-13-7-9-24(10-8-13)19-21-17-15(26-3)5-4-6-16(17)27-19/h4-6,11,13H,7-10H2,1-3H3,(H,20,25). The first-order valence-electron chi connectivity index (χ1n) is 9.05. The first-order valence-corrected chi connectivity index (χ1v) is 11.1. The predicted molar refractivity (Wildman–Crippen MR) is 112 cm³/mol. The number of hydrogen-bond donors (Lipinski definition) is 1. The minimum atomic E-state index is -0.0406. The number of aryl methyl sites for hydroxylation is 2. The molecule has 1 aromatic carbocycles. The molecule has 6 nitrogen and oxygen atoms in total. The molecule has 8 heteroatoms. The third-order valence-corrected chi connectivity index (χ3v) is 6.78. The molecular weight excluding hydrogens is 378 g/mol. The Bertz CT molecular complexity index is 972. The Morgan fingerprint density at radius 1 is 1.33 bits per heavy atom. The summed E-state index contributed by atoms with van der Waals surface area (Å²) >= 11 is 3.49. The van der Waals surface area contributed by atoms with Crippen molar-refractivity contribution < 1.29 is 4.79 Å². The molecule has 0 saturated carbocycles. The summed E-state index contributed by atoms with van der Waals surface area (Å²) in [7, 11) is 1.81. The summed E-state index contributed by atoms with van der Waals surface area (Å²) in [4.78, 5) is 20.9. The Balaban J connectivity index is 1.40. The van der Waals surface area contributed by atoms with E-state index < -0.39 is 0 Å². The highest BCUT2D eigenvalue weighted by molar-refractivity contribution is 7.98. The molecule has 4 rings (SSSR count). The summed E-state index contributed by atoms with van der Waals surface area (Å²) in [5.41, 5.74) is 2.58. The van der Waals surface area contributed by atoms with Crippen LogP contribution < -0.4 is 10.2 Å². The molecule has 1 fully saturated rings. The monoisotopic (exact) mass is 401 g/mol. The smallest absolute Gasteiger partial charge is 0.269 e. The van der Waals surface area contributed by atoms with E-state index in [1.54, 1.807) is 34.8 Å². The van der Waals surface area contributed by atoms with Crippen molar-refractivity contribution in [1.29, 1.82) is 0 Å². The van der Waals surface area contributed by atoms with Crippen molar-refractivity contribution in [2.45, 2.75) is 30.7 Å². The lowest BCUT2D eigenvalue weighted by Gasteiger charge is -2.32. The Morgan fingerprint density at radius 2 is 2.11 bits per heavy atom. The molecule has 0 unspecified atom stereocenters. The summed E-state index contributed by atoms with van der Waals surface area (Å²) in [6.07, 6.45) is 3.94. The Hall–Kier alpha value is -2.06. The second kappa shape index (κ2) is 7.52. The van der Waals surface area contributed by atoms with Crippen LogP contribution in [0.25, 0.3) is 10.2 Å². The zero-order valence-corrected chi connectivity index (χ0v) is 17.4. The second-order valence-corrected chi connectivity index (χ2v) is 8.69. The largest absolute Gasteiger partial charge is 0.348 e. The molecule has 0 bridgehead atoms. The molecule has 2 aromatic heterocycles. The number of carbonyl (C=O) groups excluding carboxylic acids is 1. The van der Waals surface area contributed by atoms with Gasteiger partial charge in [0.25, 0.3) is 5.91 Å². The van der Waals surface area contributed by atoms with Crippen LogP contribution in [0.3, 0.4) is 0 Å². The van der Waals surface area contributed by atoms with E-state index >= 15 is 0 Å². The van der Waals surface area contributed by atoms with E-state index in [1.807, 2.05) is 13.0 Å². The number of amides is 1. The van der Waals surface area contributed by atoms with Crippen LogP contribution in [0.4, 0.5) is 5.13 Å². The van der Waals surface area contributed by atoms with Crippen molar-refractivity contribution in [3.63, 3.8) is 0 Å². The first kappa shape index (κ1) is 18.3. The van der Waals surface area contributed by atoms with Crippen LogP contribution in [0, 0.1) is 6.92 Å². The zero-order valence-electron chi connectivity index (χ0n) is 15.7. The molecular formula is C19H23N5OS2. The van der Waals surface area contributed by atoms with E-state index in [0.29, 0.717) is 5.69 Å². The van der Waals surface area contributed by atoms with Gasteiger partial charge in [0, 0.05) is 31.1 Å². The van der Waals surface area contributed by atoms with Gasteiger partial charge < -0.3 is 10.2 Å². The summed E-state index contributed by atoms with van der Waals surface area (Å²) < 4.78 is 2.88. The normalized spacial score (nSPS) is 15.4. The number of thiazole rings is 1. The van der Waals surface area contributed by atoms with E-state index in [0.717, 1.165) is 42.3 Å². The van der Waals surface area contributed by atoms with E-state index in [1.165, 1.54) is 9.60 Å². The lowest BCUT2D eigenvalue weighted by atomic mass is 10.1. The third kappa shape index (κ3) is 3.68. The number of benzene rings is 1. The average Bonchev–Trinajstić information content (AvgIpc) is 3.24. The van der Waals surface area contributed by atoms with Gasteiger partial charge in [0.15, 0.2) is 5.13 Å². The molecule has 0 aliphatic carbocycles. The number of piperidine rings is 1. The van der Waals surface area contributed by atoms with Gasteiger partial charge in [-0.2, -0.15) is 5.10 Å². The minimum absolute atomic E-state index is 0.0406. The fourth-order valence-corrected chi connectivity index (χ4v) is 5.18.